The first-order valence-corrected chi connectivity index (χ1v) is 9.19. The molecule has 0 aromatic heterocycles. The van der Waals surface area contributed by atoms with Crippen molar-refractivity contribution in [2.24, 2.45) is 4.99 Å². The third kappa shape index (κ3) is 3.98. The Kier molecular flexibility index (Phi) is 5.63. The summed E-state index contributed by atoms with van der Waals surface area (Å²) in [6, 6.07) is 15.5. The highest BCUT2D eigenvalue weighted by molar-refractivity contribution is 14.1. The van der Waals surface area contributed by atoms with Crippen molar-refractivity contribution in [3.63, 3.8) is 0 Å². The molecule has 3 rings (SSSR count). The Bertz CT molecular complexity index is 830. The van der Waals surface area contributed by atoms with Crippen LogP contribution in [-0.2, 0) is 9.53 Å². The maximum Gasteiger partial charge on any atom is 0.339 e. The minimum Gasteiger partial charge on any atom is -0.465 e. The Morgan fingerprint density at radius 1 is 1.16 bits per heavy atom. The summed E-state index contributed by atoms with van der Waals surface area (Å²) in [5, 5.41) is 0. The molecule has 1 fully saturated rings. The number of nitrogens with zero attached hydrogens (tertiary/aromatic N) is 1. The zero-order valence-corrected chi connectivity index (χ0v) is 16.0. The third-order valence-corrected chi connectivity index (χ3v) is 5.48. The highest BCUT2D eigenvalue weighted by Crippen LogP contribution is 2.33. The standard InChI is InChI=1S/C20H18INO3/c1-25-20(24)16-8-5-9-17(19(16)21)22-18-12-14(23)10-11-15(18)13-6-3-2-4-7-13/h2-9,15H,10-12H2,1H3. The number of esters is 1. The number of ether oxygens (including phenoxy) is 1. The molecule has 0 N–H and O–H groups in total. The first kappa shape index (κ1) is 17.8. The van der Waals surface area contributed by atoms with E-state index in [1.165, 1.54) is 12.7 Å². The van der Waals surface area contributed by atoms with Crippen LogP contribution < -0.4 is 0 Å². The molecule has 2 aromatic rings. The van der Waals surface area contributed by atoms with Gasteiger partial charge in [0.05, 0.1) is 21.9 Å². The Hall–Kier alpha value is -2.02. The van der Waals surface area contributed by atoms with Gasteiger partial charge in [-0.15, -0.1) is 0 Å². The number of hydrogen-bond donors (Lipinski definition) is 0. The van der Waals surface area contributed by atoms with Gasteiger partial charge < -0.3 is 4.74 Å². The zero-order chi connectivity index (χ0) is 17.8. The van der Waals surface area contributed by atoms with Gasteiger partial charge in [-0.2, -0.15) is 0 Å². The van der Waals surface area contributed by atoms with Gasteiger partial charge in [0.25, 0.3) is 0 Å². The van der Waals surface area contributed by atoms with E-state index in [1.807, 2.05) is 24.3 Å². The van der Waals surface area contributed by atoms with Crippen molar-refractivity contribution in [3.8, 4) is 0 Å². The first-order chi connectivity index (χ1) is 12.1. The Labute approximate surface area is 160 Å². The number of hydrogen-bond acceptors (Lipinski definition) is 4. The number of ketones is 1. The fourth-order valence-electron chi connectivity index (χ4n) is 3.08. The summed E-state index contributed by atoms with van der Waals surface area (Å²) in [6.45, 7) is 0. The predicted molar refractivity (Wildman–Crippen MR) is 106 cm³/mol. The van der Waals surface area contributed by atoms with Gasteiger partial charge in [-0.05, 0) is 46.7 Å². The molecular formula is C20H18INO3. The zero-order valence-electron chi connectivity index (χ0n) is 13.9. The minimum atomic E-state index is -0.384. The number of Topliss-reactive ketones (excluding diaryl/α,β-unsaturated/α-hetero) is 1. The Morgan fingerprint density at radius 3 is 2.64 bits per heavy atom. The van der Waals surface area contributed by atoms with E-state index in [4.69, 9.17) is 9.73 Å². The van der Waals surface area contributed by atoms with Crippen LogP contribution in [-0.4, -0.2) is 24.6 Å². The molecule has 1 unspecified atom stereocenters. The Balaban J connectivity index is 2.02. The van der Waals surface area contributed by atoms with Crippen LogP contribution in [0.2, 0.25) is 0 Å². The molecule has 128 valence electrons. The van der Waals surface area contributed by atoms with E-state index in [1.54, 1.807) is 12.1 Å². The van der Waals surface area contributed by atoms with Crippen molar-refractivity contribution in [1.82, 2.24) is 0 Å². The van der Waals surface area contributed by atoms with Crippen molar-refractivity contribution in [3.05, 3.63) is 63.2 Å². The maximum atomic E-state index is 12.0. The second-order valence-corrected chi connectivity index (χ2v) is 7.03. The van der Waals surface area contributed by atoms with Gasteiger partial charge in [0.1, 0.15) is 5.78 Å². The molecule has 1 atom stereocenters. The number of methoxy groups -OCH3 is 1. The monoisotopic (exact) mass is 447 g/mol. The molecule has 2 aromatic carbocycles. The highest BCUT2D eigenvalue weighted by atomic mass is 127. The van der Waals surface area contributed by atoms with Gasteiger partial charge in [-0.3, -0.25) is 9.79 Å². The molecule has 1 saturated carbocycles. The molecule has 0 saturated heterocycles. The number of halogens is 1. The second kappa shape index (κ2) is 7.91. The van der Waals surface area contributed by atoms with Crippen LogP contribution in [0.25, 0.3) is 0 Å². The molecule has 0 radical (unpaired) electrons. The number of rotatable bonds is 3. The fourth-order valence-corrected chi connectivity index (χ4v) is 3.78. The highest BCUT2D eigenvalue weighted by Gasteiger charge is 2.27. The van der Waals surface area contributed by atoms with E-state index in [-0.39, 0.29) is 17.7 Å². The van der Waals surface area contributed by atoms with E-state index in [2.05, 4.69) is 34.7 Å². The second-order valence-electron chi connectivity index (χ2n) is 5.95. The van der Waals surface area contributed by atoms with Crippen molar-refractivity contribution < 1.29 is 14.3 Å². The molecule has 0 aliphatic heterocycles. The average molecular weight is 447 g/mol. The fraction of sp³-hybridized carbons (Fsp3) is 0.250. The molecule has 5 heteroatoms. The molecule has 0 spiro atoms. The third-order valence-electron chi connectivity index (χ3n) is 4.34. The molecule has 0 amide bonds. The van der Waals surface area contributed by atoms with Crippen LogP contribution >= 0.6 is 22.6 Å². The largest absolute Gasteiger partial charge is 0.465 e. The topological polar surface area (TPSA) is 55.7 Å². The molecule has 4 nitrogen and oxygen atoms in total. The van der Waals surface area contributed by atoms with Gasteiger partial charge in [0, 0.05) is 24.5 Å². The lowest BCUT2D eigenvalue weighted by Crippen LogP contribution is -2.23. The SMILES string of the molecule is COC(=O)c1cccc(N=C2CC(=O)CCC2c2ccccc2)c1I. The first-order valence-electron chi connectivity index (χ1n) is 8.11. The van der Waals surface area contributed by atoms with Crippen molar-refractivity contribution in [1.29, 1.82) is 0 Å². The summed E-state index contributed by atoms with van der Waals surface area (Å²) in [5.41, 5.74) is 3.23. The van der Waals surface area contributed by atoms with Crippen LogP contribution in [0.3, 0.4) is 0 Å². The average Bonchev–Trinajstić information content (AvgIpc) is 2.64. The van der Waals surface area contributed by atoms with Crippen molar-refractivity contribution in [2.45, 2.75) is 25.2 Å². The maximum absolute atomic E-state index is 12.0. The molecule has 25 heavy (non-hydrogen) atoms. The smallest absolute Gasteiger partial charge is 0.339 e. The van der Waals surface area contributed by atoms with Gasteiger partial charge in [-0.25, -0.2) is 4.79 Å². The number of carbonyl (C=O) groups excluding carboxylic acids is 2. The van der Waals surface area contributed by atoms with E-state index in [0.717, 1.165) is 15.7 Å². The lowest BCUT2D eigenvalue weighted by Gasteiger charge is -2.24. The van der Waals surface area contributed by atoms with Crippen LogP contribution in [0.15, 0.2) is 53.5 Å². The minimum absolute atomic E-state index is 0.136. The van der Waals surface area contributed by atoms with Crippen LogP contribution in [0.5, 0.6) is 0 Å². The summed E-state index contributed by atoms with van der Waals surface area (Å²) in [5.74, 6) is -0.0349. The number of benzene rings is 2. The molecule has 0 bridgehead atoms. The summed E-state index contributed by atoms with van der Waals surface area (Å²) in [4.78, 5) is 28.7. The molecular weight excluding hydrogens is 429 g/mol. The quantitative estimate of drug-likeness (QED) is 0.507. The van der Waals surface area contributed by atoms with Crippen molar-refractivity contribution in [2.75, 3.05) is 7.11 Å². The predicted octanol–water partition coefficient (Wildman–Crippen LogP) is 4.69. The summed E-state index contributed by atoms with van der Waals surface area (Å²) in [7, 11) is 1.36. The van der Waals surface area contributed by atoms with E-state index < -0.39 is 0 Å². The van der Waals surface area contributed by atoms with Crippen LogP contribution in [0.4, 0.5) is 5.69 Å². The van der Waals surface area contributed by atoms with Gasteiger partial charge in [-0.1, -0.05) is 36.4 Å². The summed E-state index contributed by atoms with van der Waals surface area (Å²) >= 11 is 2.11. The lowest BCUT2D eigenvalue weighted by atomic mass is 9.81. The van der Waals surface area contributed by atoms with E-state index in [9.17, 15) is 9.59 Å². The molecule has 1 aliphatic carbocycles. The number of carbonyl (C=O) groups is 2. The number of aliphatic imine (C=N–C) groups is 1. The van der Waals surface area contributed by atoms with Crippen LogP contribution in [0, 0.1) is 3.57 Å². The molecule has 0 heterocycles. The van der Waals surface area contributed by atoms with Gasteiger partial charge >= 0.3 is 5.97 Å². The summed E-state index contributed by atoms with van der Waals surface area (Å²) in [6.07, 6.45) is 1.71. The van der Waals surface area contributed by atoms with Crippen molar-refractivity contribution >= 4 is 45.7 Å². The van der Waals surface area contributed by atoms with Gasteiger partial charge in [0.2, 0.25) is 0 Å². The normalized spacial score (nSPS) is 19.0. The van der Waals surface area contributed by atoms with E-state index >= 15 is 0 Å². The van der Waals surface area contributed by atoms with Gasteiger partial charge in [0.15, 0.2) is 0 Å². The summed E-state index contributed by atoms with van der Waals surface area (Å²) < 4.78 is 5.56. The lowest BCUT2D eigenvalue weighted by molar-refractivity contribution is -0.118. The molecule has 1 aliphatic rings. The van der Waals surface area contributed by atoms with Crippen LogP contribution in [0.1, 0.15) is 41.1 Å². The Morgan fingerprint density at radius 2 is 1.92 bits per heavy atom. The van der Waals surface area contributed by atoms with E-state index in [0.29, 0.717) is 24.1 Å².